The van der Waals surface area contributed by atoms with Crippen LogP contribution in [0.5, 0.6) is 0 Å². The van der Waals surface area contributed by atoms with Crippen LogP contribution in [0, 0.1) is 0 Å². The van der Waals surface area contributed by atoms with Gasteiger partial charge in [-0.25, -0.2) is 0 Å². The molecule has 0 unspecified atom stereocenters. The van der Waals surface area contributed by atoms with E-state index < -0.39 is 5.29 Å². The fourth-order valence-corrected chi connectivity index (χ4v) is 0.309. The first-order valence-corrected chi connectivity index (χ1v) is 2.16. The summed E-state index contributed by atoms with van der Waals surface area (Å²) in [5.41, 5.74) is 0. The molecule has 0 heterocycles. The molecule has 0 N–H and O–H groups in total. The summed E-state index contributed by atoms with van der Waals surface area (Å²) in [6, 6.07) is 0. The Hall–Kier alpha value is -0.0400. The summed E-state index contributed by atoms with van der Waals surface area (Å²) in [5, 5.41) is -0.613. The smallest absolute Gasteiger partial charge is 0.185 e. The fraction of sp³-hybridized carbons (Fsp3) is 0.500. The molecule has 0 saturated heterocycles. The summed E-state index contributed by atoms with van der Waals surface area (Å²) in [4.78, 5) is 0. The van der Waals surface area contributed by atoms with Gasteiger partial charge in [-0.15, -0.1) is 0 Å². The molecular formula is C4H6ClF. The summed E-state index contributed by atoms with van der Waals surface area (Å²) < 4.78 is 11.3. The van der Waals surface area contributed by atoms with Crippen molar-refractivity contribution in [1.29, 1.82) is 0 Å². The molecule has 0 bridgehead atoms. The predicted molar refractivity (Wildman–Crippen MR) is 25.3 cm³/mol. The Morgan fingerprint density at radius 3 is 2.50 bits per heavy atom. The average Bonchev–Trinajstić information content (AvgIpc) is 1.35. The summed E-state index contributed by atoms with van der Waals surface area (Å²) in [7, 11) is 0. The van der Waals surface area contributed by atoms with E-state index in [2.05, 4.69) is 0 Å². The maximum atomic E-state index is 11.3. The molecule has 6 heavy (non-hydrogen) atoms. The van der Waals surface area contributed by atoms with Gasteiger partial charge in [-0.3, -0.25) is 0 Å². The van der Waals surface area contributed by atoms with E-state index in [1.165, 1.54) is 6.08 Å². The van der Waals surface area contributed by atoms with Crippen LogP contribution in [0.1, 0.15) is 13.3 Å². The third kappa shape index (κ3) is 3.96. The second-order valence-electron chi connectivity index (χ2n) is 0.902. The van der Waals surface area contributed by atoms with Crippen LogP contribution in [0.4, 0.5) is 4.39 Å². The van der Waals surface area contributed by atoms with Gasteiger partial charge < -0.3 is 0 Å². The quantitative estimate of drug-likeness (QED) is 0.484. The Labute approximate surface area is 41.6 Å². The highest BCUT2D eigenvalue weighted by atomic mass is 35.5. The molecule has 0 amide bonds. The molecule has 0 saturated carbocycles. The van der Waals surface area contributed by atoms with Gasteiger partial charge in [-0.2, -0.15) is 4.39 Å². The van der Waals surface area contributed by atoms with Gasteiger partial charge in [0.15, 0.2) is 5.29 Å². The molecule has 0 fully saturated rings. The van der Waals surface area contributed by atoms with E-state index in [0.717, 1.165) is 0 Å². The zero-order valence-corrected chi connectivity index (χ0v) is 4.30. The minimum absolute atomic E-state index is 0.613. The van der Waals surface area contributed by atoms with Gasteiger partial charge in [0.25, 0.3) is 0 Å². The lowest BCUT2D eigenvalue weighted by Crippen LogP contribution is -1.51. The van der Waals surface area contributed by atoms with Crippen molar-refractivity contribution in [3.8, 4) is 0 Å². The number of hydrogen-bond acceptors (Lipinski definition) is 0. The molecule has 0 aliphatic rings. The van der Waals surface area contributed by atoms with Gasteiger partial charge in [0.1, 0.15) is 0 Å². The van der Waals surface area contributed by atoms with Gasteiger partial charge in [0.05, 0.1) is 0 Å². The summed E-state index contributed by atoms with van der Waals surface area (Å²) in [6.07, 6.45) is 1.97. The van der Waals surface area contributed by atoms with Crippen LogP contribution in [-0.2, 0) is 0 Å². The molecule has 0 aromatic rings. The molecule has 2 heteroatoms. The number of hydrogen-bond donors (Lipinski definition) is 0. The Morgan fingerprint density at radius 1 is 2.00 bits per heavy atom. The largest absolute Gasteiger partial charge is 0.194 e. The van der Waals surface area contributed by atoms with E-state index in [-0.39, 0.29) is 0 Å². The van der Waals surface area contributed by atoms with Crippen LogP contribution >= 0.6 is 11.6 Å². The van der Waals surface area contributed by atoms with Crippen molar-refractivity contribution in [3.05, 3.63) is 11.4 Å². The third-order valence-electron chi connectivity index (χ3n) is 0.358. The molecule has 0 spiro atoms. The standard InChI is InChI=1S/C4H6ClF/c1-2-3-4(5)6/h3H,2H2,1H3. The van der Waals surface area contributed by atoms with Crippen LogP contribution < -0.4 is 0 Å². The predicted octanol–water partition coefficient (Wildman–Crippen LogP) is 2.45. The molecule has 0 atom stereocenters. The van der Waals surface area contributed by atoms with Gasteiger partial charge in [0, 0.05) is 0 Å². The second-order valence-corrected chi connectivity index (χ2v) is 1.26. The Morgan fingerprint density at radius 2 is 2.50 bits per heavy atom. The first-order valence-electron chi connectivity index (χ1n) is 1.78. The number of halogens is 2. The fourth-order valence-electron chi connectivity index (χ4n) is 0.154. The highest BCUT2D eigenvalue weighted by Crippen LogP contribution is 2.01. The minimum atomic E-state index is -0.613. The lowest BCUT2D eigenvalue weighted by molar-refractivity contribution is 0.689. The van der Waals surface area contributed by atoms with E-state index in [0.29, 0.717) is 6.42 Å². The van der Waals surface area contributed by atoms with E-state index in [1.807, 2.05) is 6.92 Å². The third-order valence-corrected chi connectivity index (χ3v) is 0.513. The summed E-state index contributed by atoms with van der Waals surface area (Å²) >= 11 is 4.77. The zero-order valence-electron chi connectivity index (χ0n) is 3.54. The van der Waals surface area contributed by atoms with Crippen molar-refractivity contribution >= 4 is 11.6 Å². The minimum Gasteiger partial charge on any atom is -0.194 e. The number of allylic oxidation sites excluding steroid dienone is 1. The Balaban J connectivity index is 3.14. The van der Waals surface area contributed by atoms with Crippen molar-refractivity contribution in [2.45, 2.75) is 13.3 Å². The van der Waals surface area contributed by atoms with Crippen molar-refractivity contribution in [2.24, 2.45) is 0 Å². The lowest BCUT2D eigenvalue weighted by atomic mass is 10.5. The van der Waals surface area contributed by atoms with Crippen LogP contribution in [0.15, 0.2) is 11.4 Å². The maximum Gasteiger partial charge on any atom is 0.185 e. The van der Waals surface area contributed by atoms with E-state index in [4.69, 9.17) is 11.6 Å². The first-order chi connectivity index (χ1) is 2.77. The van der Waals surface area contributed by atoms with Crippen LogP contribution in [0.2, 0.25) is 0 Å². The van der Waals surface area contributed by atoms with Crippen molar-refractivity contribution in [3.63, 3.8) is 0 Å². The van der Waals surface area contributed by atoms with E-state index in [1.54, 1.807) is 0 Å². The molecule has 0 aromatic heterocycles. The van der Waals surface area contributed by atoms with E-state index in [9.17, 15) is 4.39 Å². The summed E-state index contributed by atoms with van der Waals surface area (Å²) in [6.45, 7) is 1.82. The highest BCUT2D eigenvalue weighted by molar-refractivity contribution is 6.28. The lowest BCUT2D eigenvalue weighted by Gasteiger charge is -1.72. The van der Waals surface area contributed by atoms with Crippen molar-refractivity contribution in [1.82, 2.24) is 0 Å². The van der Waals surface area contributed by atoms with Gasteiger partial charge in [0.2, 0.25) is 0 Å². The van der Waals surface area contributed by atoms with Gasteiger partial charge in [-0.1, -0.05) is 18.5 Å². The van der Waals surface area contributed by atoms with E-state index >= 15 is 0 Å². The molecular weight excluding hydrogens is 102 g/mol. The SMILES string of the molecule is CCC=C(F)Cl. The summed E-state index contributed by atoms with van der Waals surface area (Å²) in [5.74, 6) is 0. The Bertz CT molecular complexity index is 54.6. The van der Waals surface area contributed by atoms with Crippen molar-refractivity contribution < 1.29 is 4.39 Å². The van der Waals surface area contributed by atoms with Crippen LogP contribution in [-0.4, -0.2) is 0 Å². The van der Waals surface area contributed by atoms with Gasteiger partial charge in [-0.05, 0) is 12.5 Å². The highest BCUT2D eigenvalue weighted by Gasteiger charge is 1.76. The topological polar surface area (TPSA) is 0 Å². The van der Waals surface area contributed by atoms with Crippen LogP contribution in [0.3, 0.4) is 0 Å². The molecule has 0 radical (unpaired) electrons. The van der Waals surface area contributed by atoms with Crippen molar-refractivity contribution in [2.75, 3.05) is 0 Å². The maximum absolute atomic E-state index is 11.3. The average molecular weight is 109 g/mol. The number of rotatable bonds is 1. The molecule has 0 aromatic carbocycles. The second kappa shape index (κ2) is 3.16. The van der Waals surface area contributed by atoms with Crippen LogP contribution in [0.25, 0.3) is 0 Å². The first kappa shape index (κ1) is 5.96. The molecule has 0 aliphatic carbocycles. The molecule has 0 nitrogen and oxygen atoms in total. The normalized spacial score (nSPS) is 12.2. The molecule has 0 rings (SSSR count). The van der Waals surface area contributed by atoms with Gasteiger partial charge >= 0.3 is 0 Å². The monoisotopic (exact) mass is 108 g/mol. The Kier molecular flexibility index (Phi) is 3.14. The molecule has 36 valence electrons. The zero-order chi connectivity index (χ0) is 4.99. The molecule has 0 aliphatic heterocycles.